The number of phenolic OH excluding ortho intramolecular Hbond substituents is 2. The number of phenols is 2. The molecule has 0 saturated carbocycles. The predicted octanol–water partition coefficient (Wildman–Crippen LogP) is 8.72. The largest absolute Gasteiger partial charge is 0.508 e. The molecule has 1 heterocycles. The Morgan fingerprint density at radius 2 is 1.49 bits per heavy atom. The molecule has 228 valence electrons. The maximum atomic E-state index is 13.1. The third-order valence-corrected chi connectivity index (χ3v) is 8.30. The zero-order chi connectivity index (χ0) is 30.3. The van der Waals surface area contributed by atoms with Crippen LogP contribution in [0.4, 0.5) is 22.0 Å². The summed E-state index contributed by atoms with van der Waals surface area (Å²) < 4.78 is 69.2. The zero-order valence-electron chi connectivity index (χ0n) is 23.2. The quantitative estimate of drug-likeness (QED) is 0.144. The summed E-state index contributed by atoms with van der Waals surface area (Å²) in [5, 5.41) is 29.0. The molecule has 3 N–H and O–H groups in total. The van der Waals surface area contributed by atoms with Gasteiger partial charge in [0.15, 0.2) is 0 Å². The Labute approximate surface area is 237 Å². The van der Waals surface area contributed by atoms with Crippen molar-refractivity contribution in [1.29, 1.82) is 0 Å². The number of rotatable bonds is 15. The number of fused-ring (bicyclic) bond motifs is 1. The first-order valence-electron chi connectivity index (χ1n) is 14.2. The van der Waals surface area contributed by atoms with Gasteiger partial charge in [-0.05, 0) is 55.0 Å². The highest BCUT2D eigenvalue weighted by Gasteiger charge is 2.56. The fourth-order valence-electron chi connectivity index (χ4n) is 5.76. The molecule has 1 aliphatic heterocycles. The Hall–Kier alpha value is -3.04. The second kappa shape index (κ2) is 13.7. The monoisotopic (exact) mass is 586 g/mol. The molecule has 0 bridgehead atoms. The first-order valence-corrected chi connectivity index (χ1v) is 14.2. The average Bonchev–Trinajstić information content (AvgIpc) is 2.89. The van der Waals surface area contributed by atoms with E-state index in [0.29, 0.717) is 18.8 Å². The normalized spacial score (nSPS) is 19.8. The van der Waals surface area contributed by atoms with E-state index in [1.54, 1.807) is 24.3 Å². The van der Waals surface area contributed by atoms with Crippen molar-refractivity contribution in [2.24, 2.45) is 5.92 Å². The Bertz CT molecular complexity index is 1130. The van der Waals surface area contributed by atoms with Crippen molar-refractivity contribution in [2.45, 2.75) is 101 Å². The summed E-state index contributed by atoms with van der Waals surface area (Å²) in [6.45, 7) is 2.57. The minimum atomic E-state index is -5.62. The van der Waals surface area contributed by atoms with Gasteiger partial charge in [0.1, 0.15) is 17.2 Å². The summed E-state index contributed by atoms with van der Waals surface area (Å²) >= 11 is 0. The number of carboxylic acid groups (broad SMARTS) is 1. The van der Waals surface area contributed by atoms with Gasteiger partial charge in [0.25, 0.3) is 0 Å². The number of ether oxygens (including phenoxy) is 1. The number of carbonyl (C=O) groups is 1. The van der Waals surface area contributed by atoms with E-state index in [0.717, 1.165) is 49.7 Å². The van der Waals surface area contributed by atoms with Crippen LogP contribution < -0.4 is 4.74 Å². The fourth-order valence-corrected chi connectivity index (χ4v) is 5.76. The Morgan fingerprint density at radius 3 is 2.12 bits per heavy atom. The lowest BCUT2D eigenvalue weighted by Crippen LogP contribution is -2.40. The lowest BCUT2D eigenvalue weighted by molar-refractivity contribution is -0.284. The highest BCUT2D eigenvalue weighted by molar-refractivity contribution is 5.69. The molecule has 0 amide bonds. The molecule has 10 heteroatoms. The second-order valence-electron chi connectivity index (χ2n) is 11.4. The van der Waals surface area contributed by atoms with Crippen molar-refractivity contribution in [2.75, 3.05) is 6.61 Å². The lowest BCUT2D eigenvalue weighted by atomic mass is 9.66. The number of aromatic hydroxyl groups is 2. The van der Waals surface area contributed by atoms with E-state index in [-0.39, 0.29) is 35.7 Å². The minimum absolute atomic E-state index is 0.123. The molecule has 3 rings (SSSR count). The number of alkyl halides is 5. The summed E-state index contributed by atoms with van der Waals surface area (Å²) in [5.74, 6) is -5.77. The standard InChI is InChI=1S/C31H39F5O5/c1-29(22-12-14-23(37)15-13-22)20-41-27-19-24(38)16-17-25(27)26(29)11-7-5-3-2-4-6-9-21(28(39)40)10-8-18-30(32,33)31(34,35)36/h12-17,19,21,26,37-38H,2-11,18,20H2,1H3,(H,39,40)/t21?,26-,29-/m1/s1. The van der Waals surface area contributed by atoms with Crippen molar-refractivity contribution in [1.82, 2.24) is 0 Å². The van der Waals surface area contributed by atoms with Crippen LogP contribution in [0.1, 0.15) is 94.6 Å². The molecule has 2 aromatic rings. The summed E-state index contributed by atoms with van der Waals surface area (Å²) in [6, 6.07) is 12.3. The van der Waals surface area contributed by atoms with Crippen molar-refractivity contribution < 1.29 is 46.8 Å². The summed E-state index contributed by atoms with van der Waals surface area (Å²) in [4.78, 5) is 11.4. The zero-order valence-corrected chi connectivity index (χ0v) is 23.2. The topological polar surface area (TPSA) is 87.0 Å². The van der Waals surface area contributed by atoms with E-state index in [1.165, 1.54) is 0 Å². The SMILES string of the molecule is C[C@]1(c2ccc(O)cc2)COc2cc(O)ccc2[C@H]1CCCCCCCCC(CCCC(F)(F)C(F)(F)F)C(=O)O. The molecular formula is C31H39F5O5. The van der Waals surface area contributed by atoms with E-state index in [1.807, 2.05) is 18.2 Å². The molecule has 0 fully saturated rings. The van der Waals surface area contributed by atoms with E-state index in [9.17, 15) is 42.1 Å². The Morgan fingerprint density at radius 1 is 0.902 bits per heavy atom. The predicted molar refractivity (Wildman–Crippen MR) is 145 cm³/mol. The van der Waals surface area contributed by atoms with Crippen LogP contribution in [0.15, 0.2) is 42.5 Å². The van der Waals surface area contributed by atoms with Crippen LogP contribution in [0.5, 0.6) is 17.2 Å². The number of carboxylic acids is 1. The summed E-state index contributed by atoms with van der Waals surface area (Å²) in [5.41, 5.74) is 1.74. The van der Waals surface area contributed by atoms with E-state index in [2.05, 4.69) is 6.92 Å². The van der Waals surface area contributed by atoms with Gasteiger partial charge in [-0.3, -0.25) is 4.79 Å². The fraction of sp³-hybridized carbons (Fsp3) is 0.581. The highest BCUT2D eigenvalue weighted by Crippen LogP contribution is 2.50. The van der Waals surface area contributed by atoms with Crippen molar-refractivity contribution in [3.05, 3.63) is 53.6 Å². The second-order valence-corrected chi connectivity index (χ2v) is 11.4. The van der Waals surface area contributed by atoms with Crippen molar-refractivity contribution in [3.8, 4) is 17.2 Å². The van der Waals surface area contributed by atoms with E-state index < -0.39 is 36.8 Å². The van der Waals surface area contributed by atoms with Crippen LogP contribution in [0.3, 0.4) is 0 Å². The molecule has 0 radical (unpaired) electrons. The van der Waals surface area contributed by atoms with Gasteiger partial charge in [0.2, 0.25) is 0 Å². The number of halogens is 5. The van der Waals surface area contributed by atoms with Gasteiger partial charge >= 0.3 is 18.1 Å². The first-order chi connectivity index (χ1) is 19.2. The number of benzene rings is 2. The number of hydrogen-bond donors (Lipinski definition) is 3. The smallest absolute Gasteiger partial charge is 0.453 e. The van der Waals surface area contributed by atoms with Gasteiger partial charge in [0, 0.05) is 23.8 Å². The molecule has 5 nitrogen and oxygen atoms in total. The van der Waals surface area contributed by atoms with Crippen LogP contribution in [0.25, 0.3) is 0 Å². The Balaban J connectivity index is 1.45. The minimum Gasteiger partial charge on any atom is -0.508 e. The van der Waals surface area contributed by atoms with Gasteiger partial charge in [-0.2, -0.15) is 22.0 Å². The van der Waals surface area contributed by atoms with Gasteiger partial charge < -0.3 is 20.1 Å². The first kappa shape index (κ1) is 32.5. The molecule has 2 aromatic carbocycles. The van der Waals surface area contributed by atoms with Gasteiger partial charge in [-0.1, -0.05) is 63.6 Å². The average molecular weight is 587 g/mol. The van der Waals surface area contributed by atoms with E-state index >= 15 is 0 Å². The maximum absolute atomic E-state index is 13.1. The molecule has 0 saturated heterocycles. The Kier molecular flexibility index (Phi) is 10.9. The maximum Gasteiger partial charge on any atom is 0.453 e. The van der Waals surface area contributed by atoms with Crippen LogP contribution >= 0.6 is 0 Å². The molecule has 0 aliphatic carbocycles. The van der Waals surface area contributed by atoms with Crippen molar-refractivity contribution >= 4 is 5.97 Å². The van der Waals surface area contributed by atoms with Crippen LogP contribution in [-0.2, 0) is 10.2 Å². The van der Waals surface area contributed by atoms with E-state index in [4.69, 9.17) is 4.74 Å². The highest BCUT2D eigenvalue weighted by atomic mass is 19.4. The van der Waals surface area contributed by atoms with Gasteiger partial charge in [0.05, 0.1) is 12.5 Å². The summed E-state index contributed by atoms with van der Waals surface area (Å²) in [7, 11) is 0. The number of aliphatic carboxylic acids is 1. The van der Waals surface area contributed by atoms with Gasteiger partial charge in [-0.25, -0.2) is 0 Å². The van der Waals surface area contributed by atoms with Crippen LogP contribution in [-0.4, -0.2) is 40.0 Å². The molecule has 0 spiro atoms. The van der Waals surface area contributed by atoms with Gasteiger partial charge in [-0.15, -0.1) is 0 Å². The third kappa shape index (κ3) is 8.49. The lowest BCUT2D eigenvalue weighted by Gasteiger charge is -2.43. The molecule has 3 atom stereocenters. The molecule has 1 aliphatic rings. The van der Waals surface area contributed by atoms with Crippen molar-refractivity contribution in [3.63, 3.8) is 0 Å². The van der Waals surface area contributed by atoms with Crippen LogP contribution in [0.2, 0.25) is 0 Å². The number of unbranched alkanes of at least 4 members (excludes halogenated alkanes) is 5. The number of hydrogen-bond acceptors (Lipinski definition) is 4. The molecular weight excluding hydrogens is 547 g/mol. The van der Waals surface area contributed by atoms with Crippen LogP contribution in [0, 0.1) is 5.92 Å². The molecule has 0 aromatic heterocycles. The third-order valence-electron chi connectivity index (χ3n) is 8.30. The molecule has 41 heavy (non-hydrogen) atoms. The summed E-state index contributed by atoms with van der Waals surface area (Å²) in [6.07, 6.45) is -1.58. The molecule has 1 unspecified atom stereocenters.